The number of methoxy groups -OCH3 is 1. The van der Waals surface area contributed by atoms with Crippen LogP contribution in [0.5, 0.6) is 5.75 Å². The fourth-order valence-corrected chi connectivity index (χ4v) is 1.97. The van der Waals surface area contributed by atoms with Gasteiger partial charge in [-0.25, -0.2) is 4.98 Å². The molecule has 0 fully saturated rings. The molecule has 0 aliphatic carbocycles. The van der Waals surface area contributed by atoms with Crippen LogP contribution < -0.4 is 15.8 Å². The molecule has 1 heterocycles. The van der Waals surface area contributed by atoms with Crippen LogP contribution in [0.25, 0.3) is 0 Å². The van der Waals surface area contributed by atoms with E-state index >= 15 is 0 Å². The average molecular weight is 344 g/mol. The summed E-state index contributed by atoms with van der Waals surface area (Å²) in [5.74, 6) is 1.38. The number of nitrogens with two attached hydrogens (primary N) is 1. The van der Waals surface area contributed by atoms with Crippen molar-refractivity contribution in [2.75, 3.05) is 18.2 Å². The number of nitrogens with zero attached hydrogens (tertiary/aromatic N) is 2. The van der Waals surface area contributed by atoms with E-state index in [2.05, 4.69) is 31.2 Å². The number of aromatic nitrogens is 2. The van der Waals surface area contributed by atoms with Gasteiger partial charge in [0.2, 0.25) is 5.95 Å². The lowest BCUT2D eigenvalue weighted by atomic mass is 10.2. The van der Waals surface area contributed by atoms with Crippen LogP contribution in [0.15, 0.2) is 22.8 Å². The van der Waals surface area contributed by atoms with Crippen molar-refractivity contribution in [2.24, 2.45) is 0 Å². The Morgan fingerprint density at radius 3 is 2.84 bits per heavy atom. The largest absolute Gasteiger partial charge is 0.495 e. The van der Waals surface area contributed by atoms with Crippen LogP contribution in [0.2, 0.25) is 5.02 Å². The summed E-state index contributed by atoms with van der Waals surface area (Å²) in [6.45, 7) is 1.91. The topological polar surface area (TPSA) is 73.1 Å². The first-order valence-electron chi connectivity index (χ1n) is 5.40. The van der Waals surface area contributed by atoms with Gasteiger partial charge in [0.25, 0.3) is 0 Å². The minimum Gasteiger partial charge on any atom is -0.495 e. The van der Waals surface area contributed by atoms with Gasteiger partial charge in [-0.1, -0.05) is 11.6 Å². The summed E-state index contributed by atoms with van der Waals surface area (Å²) in [5.41, 5.74) is 7.26. The molecule has 0 unspecified atom stereocenters. The Morgan fingerprint density at radius 2 is 2.16 bits per heavy atom. The molecule has 0 aliphatic rings. The molecule has 0 atom stereocenters. The Morgan fingerprint density at radius 1 is 1.42 bits per heavy atom. The van der Waals surface area contributed by atoms with Crippen molar-refractivity contribution in [1.29, 1.82) is 0 Å². The van der Waals surface area contributed by atoms with E-state index < -0.39 is 0 Å². The Hall–Kier alpha value is -1.53. The van der Waals surface area contributed by atoms with E-state index in [1.165, 1.54) is 0 Å². The van der Waals surface area contributed by atoms with Gasteiger partial charge in [0.15, 0.2) is 0 Å². The number of nitrogen functional groups attached to an aromatic ring is 1. The number of halogens is 2. The van der Waals surface area contributed by atoms with Crippen molar-refractivity contribution in [1.82, 2.24) is 9.97 Å². The maximum atomic E-state index is 6.06. The molecule has 7 heteroatoms. The predicted octanol–water partition coefficient (Wildman–Crippen LogP) is 3.54. The number of rotatable bonds is 3. The van der Waals surface area contributed by atoms with Gasteiger partial charge in [0.1, 0.15) is 11.6 Å². The minimum absolute atomic E-state index is 0.190. The highest BCUT2D eigenvalue weighted by Crippen LogP contribution is 2.34. The van der Waals surface area contributed by atoms with E-state index in [1.54, 1.807) is 19.4 Å². The number of hydrogen-bond acceptors (Lipinski definition) is 5. The molecule has 0 radical (unpaired) electrons. The SMILES string of the molecule is COc1cc(Cl)c(C)cc1Nc1nc(N)ncc1Br. The zero-order valence-electron chi connectivity index (χ0n) is 10.4. The molecule has 0 saturated carbocycles. The van der Waals surface area contributed by atoms with Gasteiger partial charge >= 0.3 is 0 Å². The van der Waals surface area contributed by atoms with Crippen LogP contribution in [0.1, 0.15) is 5.56 Å². The average Bonchev–Trinajstić information content (AvgIpc) is 2.38. The summed E-state index contributed by atoms with van der Waals surface area (Å²) in [4.78, 5) is 8.00. The second kappa shape index (κ2) is 5.63. The minimum atomic E-state index is 0.190. The number of nitrogens with one attached hydrogen (secondary N) is 1. The first-order chi connectivity index (χ1) is 9.01. The van der Waals surface area contributed by atoms with Crippen molar-refractivity contribution in [3.8, 4) is 5.75 Å². The number of ether oxygens (including phenoxy) is 1. The Kier molecular flexibility index (Phi) is 4.11. The molecule has 3 N–H and O–H groups in total. The molecule has 0 bridgehead atoms. The summed E-state index contributed by atoms with van der Waals surface area (Å²) >= 11 is 9.42. The quantitative estimate of drug-likeness (QED) is 0.892. The van der Waals surface area contributed by atoms with Crippen LogP contribution in [0.4, 0.5) is 17.5 Å². The lowest BCUT2D eigenvalue weighted by molar-refractivity contribution is 0.416. The van der Waals surface area contributed by atoms with Gasteiger partial charge in [-0.2, -0.15) is 4.98 Å². The fourth-order valence-electron chi connectivity index (χ4n) is 1.53. The Balaban J connectivity index is 2.42. The molecular formula is C12H12BrClN4O. The molecule has 19 heavy (non-hydrogen) atoms. The van der Waals surface area contributed by atoms with Crippen LogP contribution in [-0.2, 0) is 0 Å². The van der Waals surface area contributed by atoms with Gasteiger partial charge in [-0.3, -0.25) is 0 Å². The van der Waals surface area contributed by atoms with Crippen LogP contribution in [-0.4, -0.2) is 17.1 Å². The third-order valence-electron chi connectivity index (χ3n) is 2.50. The zero-order chi connectivity index (χ0) is 14.0. The summed E-state index contributed by atoms with van der Waals surface area (Å²) in [5, 5.41) is 3.78. The molecule has 0 spiro atoms. The number of benzene rings is 1. The van der Waals surface area contributed by atoms with Crippen molar-refractivity contribution in [3.63, 3.8) is 0 Å². The van der Waals surface area contributed by atoms with Gasteiger partial charge in [0.05, 0.1) is 17.3 Å². The maximum absolute atomic E-state index is 6.06. The number of hydrogen-bond donors (Lipinski definition) is 2. The fraction of sp³-hybridized carbons (Fsp3) is 0.167. The van der Waals surface area contributed by atoms with E-state index in [1.807, 2.05) is 13.0 Å². The lowest BCUT2D eigenvalue weighted by Crippen LogP contribution is -2.02. The molecule has 100 valence electrons. The molecule has 0 saturated heterocycles. The molecule has 2 rings (SSSR count). The van der Waals surface area contributed by atoms with Gasteiger partial charge in [-0.05, 0) is 34.5 Å². The zero-order valence-corrected chi connectivity index (χ0v) is 12.7. The van der Waals surface area contributed by atoms with Gasteiger partial charge in [-0.15, -0.1) is 0 Å². The highest BCUT2D eigenvalue weighted by atomic mass is 79.9. The van der Waals surface area contributed by atoms with E-state index in [4.69, 9.17) is 22.1 Å². The van der Waals surface area contributed by atoms with Crippen LogP contribution in [0.3, 0.4) is 0 Å². The monoisotopic (exact) mass is 342 g/mol. The Bertz CT molecular complexity index is 621. The first kappa shape index (κ1) is 13.9. The van der Waals surface area contributed by atoms with Crippen molar-refractivity contribution in [3.05, 3.63) is 33.4 Å². The van der Waals surface area contributed by atoms with E-state index in [0.717, 1.165) is 11.3 Å². The normalized spacial score (nSPS) is 10.3. The second-order valence-corrected chi connectivity index (χ2v) is 5.11. The molecule has 5 nitrogen and oxygen atoms in total. The van der Waals surface area contributed by atoms with Crippen molar-refractivity contribution < 1.29 is 4.74 Å². The van der Waals surface area contributed by atoms with Gasteiger partial charge < -0.3 is 15.8 Å². The Labute approximate surface area is 124 Å². The molecule has 0 amide bonds. The van der Waals surface area contributed by atoms with E-state index in [9.17, 15) is 0 Å². The van der Waals surface area contributed by atoms with Gasteiger partial charge in [0, 0.05) is 17.3 Å². The summed E-state index contributed by atoms with van der Waals surface area (Å²) in [7, 11) is 1.58. The maximum Gasteiger partial charge on any atom is 0.222 e. The summed E-state index contributed by atoms with van der Waals surface area (Å²) in [6, 6.07) is 3.63. The second-order valence-electron chi connectivity index (χ2n) is 3.85. The van der Waals surface area contributed by atoms with Crippen LogP contribution in [0, 0.1) is 6.92 Å². The van der Waals surface area contributed by atoms with E-state index in [0.29, 0.717) is 21.1 Å². The third kappa shape index (κ3) is 3.08. The molecule has 0 aliphatic heterocycles. The predicted molar refractivity (Wildman–Crippen MR) is 80.2 cm³/mol. The smallest absolute Gasteiger partial charge is 0.222 e. The molecule has 2 aromatic rings. The lowest BCUT2D eigenvalue weighted by Gasteiger charge is -2.13. The van der Waals surface area contributed by atoms with Crippen molar-refractivity contribution in [2.45, 2.75) is 6.92 Å². The van der Waals surface area contributed by atoms with E-state index in [-0.39, 0.29) is 5.95 Å². The number of anilines is 3. The van der Waals surface area contributed by atoms with Crippen LogP contribution >= 0.6 is 27.5 Å². The third-order valence-corrected chi connectivity index (χ3v) is 3.48. The molecule has 1 aromatic carbocycles. The standard InChI is InChI=1S/C12H12BrClN4O/c1-6-3-9(10(19-2)4-8(6)14)17-11-7(13)5-16-12(15)18-11/h3-5H,1-2H3,(H3,15,16,17,18). The molecule has 1 aromatic heterocycles. The highest BCUT2D eigenvalue weighted by Gasteiger charge is 2.10. The molecular weight excluding hydrogens is 332 g/mol. The summed E-state index contributed by atoms with van der Waals surface area (Å²) in [6.07, 6.45) is 1.58. The van der Waals surface area contributed by atoms with Crippen molar-refractivity contribution >= 4 is 45.0 Å². The highest BCUT2D eigenvalue weighted by molar-refractivity contribution is 9.10. The number of aryl methyl sites for hydroxylation is 1. The first-order valence-corrected chi connectivity index (χ1v) is 6.57. The summed E-state index contributed by atoms with van der Waals surface area (Å²) < 4.78 is 5.99.